The van der Waals surface area contributed by atoms with Gasteiger partial charge < -0.3 is 14.6 Å². The number of halogens is 2. The average molecular weight is 488 g/mol. The van der Waals surface area contributed by atoms with Crippen molar-refractivity contribution in [2.24, 2.45) is 0 Å². The maximum absolute atomic E-state index is 14.3. The van der Waals surface area contributed by atoms with Crippen LogP contribution in [0.5, 0.6) is 5.75 Å². The lowest BCUT2D eigenvalue weighted by molar-refractivity contribution is 0.244. The predicted octanol–water partition coefficient (Wildman–Crippen LogP) is 6.03. The third kappa shape index (κ3) is 4.19. The number of aryl methyl sites for hydroxylation is 1. The largest absolute Gasteiger partial charge is 0.494 e. The number of hydrogen-bond acceptors (Lipinski definition) is 5. The molecule has 36 heavy (non-hydrogen) atoms. The molecule has 0 spiro atoms. The molecule has 7 nitrogen and oxygen atoms in total. The van der Waals surface area contributed by atoms with E-state index in [-0.39, 0.29) is 23.5 Å². The number of urea groups is 1. The Hall–Kier alpha value is -4.53. The summed E-state index contributed by atoms with van der Waals surface area (Å²) in [6, 6.07) is 16.7. The standard InChI is InChI=1S/C27H22F2N4O3/c1-15-5-4-6-20(13-15)33-16(2)23(24(30-27(33)34)17-7-10-19(28)11-8-17)26-31-25(32-36-26)18-9-12-22(35-3)21(29)14-18/h4-14,24H,1-3H3,(H,30,34). The highest BCUT2D eigenvalue weighted by Gasteiger charge is 2.36. The number of nitrogens with one attached hydrogen (secondary N) is 1. The molecule has 1 aromatic heterocycles. The van der Waals surface area contributed by atoms with Crippen molar-refractivity contribution >= 4 is 17.3 Å². The van der Waals surface area contributed by atoms with Crippen LogP contribution >= 0.6 is 0 Å². The van der Waals surface area contributed by atoms with Gasteiger partial charge >= 0.3 is 6.03 Å². The molecule has 4 aromatic rings. The number of carbonyl (C=O) groups is 1. The zero-order chi connectivity index (χ0) is 25.4. The molecule has 1 atom stereocenters. The smallest absolute Gasteiger partial charge is 0.326 e. The summed E-state index contributed by atoms with van der Waals surface area (Å²) >= 11 is 0. The molecule has 1 aliphatic rings. The van der Waals surface area contributed by atoms with Gasteiger partial charge in [0.15, 0.2) is 11.6 Å². The number of carbonyl (C=O) groups excluding carboxylic acids is 1. The van der Waals surface area contributed by atoms with Gasteiger partial charge in [-0.3, -0.25) is 4.90 Å². The first-order chi connectivity index (χ1) is 17.4. The molecule has 2 heterocycles. The maximum atomic E-state index is 14.3. The van der Waals surface area contributed by atoms with Crippen molar-refractivity contribution in [2.75, 3.05) is 12.0 Å². The van der Waals surface area contributed by atoms with Crippen molar-refractivity contribution < 1.29 is 22.8 Å². The Bertz CT molecular complexity index is 1480. The van der Waals surface area contributed by atoms with Gasteiger partial charge in [0.2, 0.25) is 5.82 Å². The highest BCUT2D eigenvalue weighted by molar-refractivity contribution is 6.01. The number of aromatic nitrogens is 2. The minimum absolute atomic E-state index is 0.0983. The fourth-order valence-corrected chi connectivity index (χ4v) is 4.26. The van der Waals surface area contributed by atoms with E-state index in [2.05, 4.69) is 15.5 Å². The van der Waals surface area contributed by atoms with Gasteiger partial charge in [-0.05, 0) is 67.4 Å². The molecule has 1 unspecified atom stereocenters. The second-order valence-corrected chi connectivity index (χ2v) is 8.38. The molecule has 0 aliphatic carbocycles. The van der Waals surface area contributed by atoms with Crippen molar-refractivity contribution in [3.63, 3.8) is 0 Å². The van der Waals surface area contributed by atoms with Crippen molar-refractivity contribution in [1.29, 1.82) is 0 Å². The SMILES string of the molecule is COc1ccc(-c2noc(C3=C(C)N(c4cccc(C)c4)C(=O)NC3c3ccc(F)cc3)n2)cc1F. The summed E-state index contributed by atoms with van der Waals surface area (Å²) in [5.41, 5.74) is 3.78. The molecule has 0 bridgehead atoms. The van der Waals surface area contributed by atoms with Crippen molar-refractivity contribution in [1.82, 2.24) is 15.5 Å². The lowest BCUT2D eigenvalue weighted by atomic mass is 9.94. The van der Waals surface area contributed by atoms with Gasteiger partial charge in [-0.2, -0.15) is 4.98 Å². The Kier molecular flexibility index (Phi) is 5.97. The first kappa shape index (κ1) is 23.2. The van der Waals surface area contributed by atoms with Crippen molar-refractivity contribution in [3.05, 3.63) is 101 Å². The quantitative estimate of drug-likeness (QED) is 0.371. The van der Waals surface area contributed by atoms with E-state index in [0.29, 0.717) is 28.1 Å². The molecule has 3 aromatic carbocycles. The van der Waals surface area contributed by atoms with Gasteiger partial charge in [-0.15, -0.1) is 0 Å². The molecular formula is C27H22F2N4O3. The molecule has 0 radical (unpaired) electrons. The minimum Gasteiger partial charge on any atom is -0.494 e. The Morgan fingerprint density at radius 2 is 1.81 bits per heavy atom. The van der Waals surface area contributed by atoms with Crippen LogP contribution in [0.25, 0.3) is 17.0 Å². The van der Waals surface area contributed by atoms with Crippen LogP contribution in [0.2, 0.25) is 0 Å². The van der Waals surface area contributed by atoms with E-state index in [9.17, 15) is 13.6 Å². The Labute approximate surface area is 206 Å². The highest BCUT2D eigenvalue weighted by atomic mass is 19.1. The molecule has 1 aliphatic heterocycles. The van der Waals surface area contributed by atoms with Gasteiger partial charge in [0.25, 0.3) is 5.89 Å². The summed E-state index contributed by atoms with van der Waals surface area (Å²) < 4.78 is 38.5. The van der Waals surface area contributed by atoms with Crippen LogP contribution in [0.4, 0.5) is 19.3 Å². The molecule has 9 heteroatoms. The zero-order valence-corrected chi connectivity index (χ0v) is 19.8. The molecule has 182 valence electrons. The van der Waals surface area contributed by atoms with Gasteiger partial charge in [0.1, 0.15) is 5.82 Å². The number of nitrogens with zero attached hydrogens (tertiary/aromatic N) is 3. The third-order valence-corrected chi connectivity index (χ3v) is 6.01. The van der Waals surface area contributed by atoms with Gasteiger partial charge in [-0.1, -0.05) is 29.4 Å². The fourth-order valence-electron chi connectivity index (χ4n) is 4.26. The Balaban J connectivity index is 1.64. The van der Waals surface area contributed by atoms with Crippen LogP contribution in [0.3, 0.4) is 0 Å². The second kappa shape index (κ2) is 9.26. The summed E-state index contributed by atoms with van der Waals surface area (Å²) in [5, 5.41) is 7.02. The van der Waals surface area contributed by atoms with E-state index >= 15 is 0 Å². The van der Waals surface area contributed by atoms with Crippen LogP contribution in [-0.4, -0.2) is 23.3 Å². The van der Waals surface area contributed by atoms with Crippen LogP contribution in [0, 0.1) is 18.6 Å². The normalized spacial score (nSPS) is 15.8. The van der Waals surface area contributed by atoms with Crippen molar-refractivity contribution in [3.8, 4) is 17.1 Å². The van der Waals surface area contributed by atoms with Gasteiger partial charge in [0.05, 0.1) is 24.4 Å². The van der Waals surface area contributed by atoms with Crippen LogP contribution in [0.15, 0.2) is 77.0 Å². The first-order valence-corrected chi connectivity index (χ1v) is 11.2. The van der Waals surface area contributed by atoms with Crippen LogP contribution < -0.4 is 15.0 Å². The van der Waals surface area contributed by atoms with E-state index in [1.807, 2.05) is 31.2 Å². The monoisotopic (exact) mass is 488 g/mol. The highest BCUT2D eigenvalue weighted by Crippen LogP contribution is 2.39. The van der Waals surface area contributed by atoms with Gasteiger partial charge in [-0.25, -0.2) is 13.6 Å². The van der Waals surface area contributed by atoms with E-state index in [1.54, 1.807) is 25.1 Å². The number of anilines is 1. The summed E-state index contributed by atoms with van der Waals surface area (Å²) in [6.07, 6.45) is 0. The lowest BCUT2D eigenvalue weighted by Crippen LogP contribution is -2.46. The number of benzene rings is 3. The topological polar surface area (TPSA) is 80.5 Å². The number of allylic oxidation sites excluding steroid dienone is 1. The number of hydrogen-bond donors (Lipinski definition) is 1. The number of rotatable bonds is 5. The number of amides is 2. The maximum Gasteiger partial charge on any atom is 0.326 e. The Morgan fingerprint density at radius 3 is 2.50 bits per heavy atom. The molecule has 1 N–H and O–H groups in total. The fraction of sp³-hybridized carbons (Fsp3) is 0.148. The first-order valence-electron chi connectivity index (χ1n) is 11.2. The second-order valence-electron chi connectivity index (χ2n) is 8.38. The Morgan fingerprint density at radius 1 is 1.03 bits per heavy atom. The summed E-state index contributed by atoms with van der Waals surface area (Å²) in [6.45, 7) is 3.72. The average Bonchev–Trinajstić information content (AvgIpc) is 3.34. The van der Waals surface area contributed by atoms with E-state index in [4.69, 9.17) is 9.26 Å². The zero-order valence-electron chi connectivity index (χ0n) is 19.8. The van der Waals surface area contributed by atoms with Crippen LogP contribution in [0.1, 0.15) is 30.0 Å². The molecule has 0 fully saturated rings. The number of ether oxygens (including phenoxy) is 1. The molecular weight excluding hydrogens is 466 g/mol. The van der Waals surface area contributed by atoms with Gasteiger partial charge in [0, 0.05) is 11.3 Å². The van der Waals surface area contributed by atoms with E-state index < -0.39 is 17.7 Å². The van der Waals surface area contributed by atoms with Crippen LogP contribution in [-0.2, 0) is 0 Å². The summed E-state index contributed by atoms with van der Waals surface area (Å²) in [7, 11) is 1.38. The summed E-state index contributed by atoms with van der Waals surface area (Å²) in [5.74, 6) is -0.543. The predicted molar refractivity (Wildman–Crippen MR) is 130 cm³/mol. The third-order valence-electron chi connectivity index (χ3n) is 6.01. The minimum atomic E-state index is -0.680. The van der Waals surface area contributed by atoms with Crippen molar-refractivity contribution in [2.45, 2.75) is 19.9 Å². The molecule has 2 amide bonds. The van der Waals surface area contributed by atoms with E-state index in [1.165, 1.54) is 36.3 Å². The molecule has 5 rings (SSSR count). The molecule has 0 saturated heterocycles. The molecule has 0 saturated carbocycles. The lowest BCUT2D eigenvalue weighted by Gasteiger charge is -2.35. The summed E-state index contributed by atoms with van der Waals surface area (Å²) in [4.78, 5) is 19.3. The van der Waals surface area contributed by atoms with E-state index in [0.717, 1.165) is 5.56 Å². The number of methoxy groups -OCH3 is 1.